The van der Waals surface area contributed by atoms with Gasteiger partial charge in [0, 0.05) is 29.3 Å². The number of hydrogen-bond donors (Lipinski definition) is 2. The summed E-state index contributed by atoms with van der Waals surface area (Å²) in [6, 6.07) is 3.57. The van der Waals surface area contributed by atoms with Gasteiger partial charge >= 0.3 is 0 Å². The lowest BCUT2D eigenvalue weighted by molar-refractivity contribution is 0.0716. The van der Waals surface area contributed by atoms with E-state index in [0.29, 0.717) is 22.8 Å². The highest BCUT2D eigenvalue weighted by Crippen LogP contribution is 2.31. The zero-order valence-electron chi connectivity index (χ0n) is 17.9. The number of nitrogens with zero attached hydrogens (tertiary/aromatic N) is 3. The number of rotatable bonds is 4. The molecule has 4 rings (SSSR count). The van der Waals surface area contributed by atoms with Gasteiger partial charge in [-0.05, 0) is 45.7 Å². The number of carbonyl (C=O) groups excluding carboxylic acids is 3. The number of carbonyl (C=O) groups is 3. The number of thiophene rings is 1. The van der Waals surface area contributed by atoms with Gasteiger partial charge in [-0.25, -0.2) is 9.97 Å². The van der Waals surface area contributed by atoms with Gasteiger partial charge < -0.3 is 4.90 Å². The predicted molar refractivity (Wildman–Crippen MR) is 126 cm³/mol. The molecule has 0 aliphatic carbocycles. The molecule has 1 aliphatic rings. The van der Waals surface area contributed by atoms with Crippen LogP contribution in [0.4, 0.5) is 0 Å². The number of nitrogens with one attached hydrogen (secondary N) is 2. The van der Waals surface area contributed by atoms with Crippen molar-refractivity contribution in [2.45, 2.75) is 39.5 Å². The van der Waals surface area contributed by atoms with E-state index in [0.717, 1.165) is 33.4 Å². The molecule has 0 radical (unpaired) electrons. The number of aromatic nitrogens is 2. The minimum absolute atomic E-state index is 0.0439. The van der Waals surface area contributed by atoms with E-state index >= 15 is 0 Å². The Morgan fingerprint density at radius 3 is 2.34 bits per heavy atom. The lowest BCUT2D eigenvalue weighted by atomic mass is 9.97. The molecule has 0 aromatic carbocycles. The van der Waals surface area contributed by atoms with E-state index in [2.05, 4.69) is 20.8 Å². The first-order chi connectivity index (χ1) is 15.3. The Labute approximate surface area is 197 Å². The van der Waals surface area contributed by atoms with E-state index in [-0.39, 0.29) is 23.4 Å². The molecule has 3 aromatic heterocycles. The summed E-state index contributed by atoms with van der Waals surface area (Å²) in [4.78, 5) is 50.2. The smallest absolute Gasteiger partial charge is 0.289 e. The van der Waals surface area contributed by atoms with Crippen molar-refractivity contribution in [3.63, 3.8) is 0 Å². The highest BCUT2D eigenvalue weighted by atomic mass is 32.1. The van der Waals surface area contributed by atoms with Crippen molar-refractivity contribution in [1.29, 1.82) is 0 Å². The van der Waals surface area contributed by atoms with E-state index in [9.17, 15) is 14.4 Å². The van der Waals surface area contributed by atoms with Gasteiger partial charge in [-0.1, -0.05) is 0 Å². The van der Waals surface area contributed by atoms with E-state index in [1.807, 2.05) is 31.7 Å². The van der Waals surface area contributed by atoms with E-state index < -0.39 is 5.91 Å². The fraction of sp³-hybridized carbons (Fsp3) is 0.381. The molecular formula is C21H23N5O3S3. The van der Waals surface area contributed by atoms with Gasteiger partial charge in [0.1, 0.15) is 10.6 Å². The summed E-state index contributed by atoms with van der Waals surface area (Å²) in [6.07, 6.45) is 1.59. The van der Waals surface area contributed by atoms with Crippen LogP contribution in [0.1, 0.15) is 69.2 Å². The summed E-state index contributed by atoms with van der Waals surface area (Å²) >= 11 is 4.24. The Hall–Kier alpha value is -2.63. The third kappa shape index (κ3) is 4.89. The van der Waals surface area contributed by atoms with Crippen molar-refractivity contribution in [1.82, 2.24) is 25.7 Å². The molecule has 3 amide bonds. The lowest BCUT2D eigenvalue weighted by Gasteiger charge is -2.30. The molecular weight excluding hydrogens is 466 g/mol. The van der Waals surface area contributed by atoms with Gasteiger partial charge in [0.2, 0.25) is 0 Å². The van der Waals surface area contributed by atoms with Crippen LogP contribution in [-0.2, 0) is 0 Å². The molecule has 0 spiro atoms. The second-order valence-corrected chi connectivity index (χ2v) is 11.0. The molecule has 11 heteroatoms. The maximum absolute atomic E-state index is 12.8. The van der Waals surface area contributed by atoms with Crippen LogP contribution in [-0.4, -0.2) is 45.7 Å². The minimum atomic E-state index is -0.446. The molecule has 0 unspecified atom stereocenters. The summed E-state index contributed by atoms with van der Waals surface area (Å²) in [6.45, 7) is 6.99. The number of amides is 3. The van der Waals surface area contributed by atoms with Gasteiger partial charge in [0.25, 0.3) is 17.7 Å². The molecule has 8 nitrogen and oxygen atoms in total. The SMILES string of the molecule is Cc1ccc(C(=O)NNC(=O)c2csc(C3CCN(C(=O)c4sc(C)nc4C)CC3)n2)s1. The maximum atomic E-state index is 12.8. The Kier molecular flexibility index (Phi) is 6.68. The number of hydrazine groups is 1. The Balaban J connectivity index is 1.30. The lowest BCUT2D eigenvalue weighted by Crippen LogP contribution is -2.41. The fourth-order valence-electron chi connectivity index (χ4n) is 3.58. The number of thiazole rings is 2. The predicted octanol–water partition coefficient (Wildman–Crippen LogP) is 3.68. The summed E-state index contributed by atoms with van der Waals surface area (Å²) in [5.41, 5.74) is 5.92. The first-order valence-corrected chi connectivity index (χ1v) is 12.7. The van der Waals surface area contributed by atoms with Crippen molar-refractivity contribution >= 4 is 51.7 Å². The van der Waals surface area contributed by atoms with E-state index in [1.165, 1.54) is 34.0 Å². The highest BCUT2D eigenvalue weighted by molar-refractivity contribution is 7.14. The quantitative estimate of drug-likeness (QED) is 0.544. The number of piperidine rings is 1. The first-order valence-electron chi connectivity index (χ1n) is 10.2. The zero-order valence-corrected chi connectivity index (χ0v) is 20.4. The standard InChI is InChI=1S/C21H23N5O3S3/c1-11-4-5-16(31-11)19(28)25-24-18(27)15-10-30-20(23-15)14-6-8-26(9-7-14)21(29)17-12(2)22-13(3)32-17/h4-5,10,14H,6-9H2,1-3H3,(H,24,27)(H,25,28). The average molecular weight is 490 g/mol. The molecule has 1 saturated heterocycles. The molecule has 2 N–H and O–H groups in total. The maximum Gasteiger partial charge on any atom is 0.289 e. The Morgan fingerprint density at radius 1 is 1.00 bits per heavy atom. The molecule has 32 heavy (non-hydrogen) atoms. The van der Waals surface area contributed by atoms with Crippen molar-refractivity contribution in [2.75, 3.05) is 13.1 Å². The Morgan fingerprint density at radius 2 is 1.72 bits per heavy atom. The van der Waals surface area contributed by atoms with E-state index in [4.69, 9.17) is 0 Å². The van der Waals surface area contributed by atoms with Crippen LogP contribution in [0.25, 0.3) is 0 Å². The van der Waals surface area contributed by atoms with E-state index in [1.54, 1.807) is 11.4 Å². The van der Waals surface area contributed by atoms with Crippen molar-refractivity contribution in [3.05, 3.63) is 53.5 Å². The normalized spacial score (nSPS) is 14.4. The summed E-state index contributed by atoms with van der Waals surface area (Å²) in [5.74, 6) is -0.547. The van der Waals surface area contributed by atoms with Gasteiger partial charge in [0.05, 0.1) is 20.6 Å². The second-order valence-electron chi connectivity index (χ2n) is 7.60. The molecule has 4 heterocycles. The highest BCUT2D eigenvalue weighted by Gasteiger charge is 2.28. The zero-order chi connectivity index (χ0) is 22.8. The molecule has 0 bridgehead atoms. The van der Waals surface area contributed by atoms with Crippen molar-refractivity contribution in [3.8, 4) is 0 Å². The van der Waals surface area contributed by atoms with Crippen LogP contribution in [0.15, 0.2) is 17.5 Å². The van der Waals surface area contributed by atoms with Crippen LogP contribution in [0.3, 0.4) is 0 Å². The minimum Gasteiger partial charge on any atom is -0.338 e. The first kappa shape index (κ1) is 22.6. The molecule has 3 aromatic rings. The number of aryl methyl sites for hydroxylation is 3. The van der Waals surface area contributed by atoms with Crippen LogP contribution in [0.2, 0.25) is 0 Å². The Bertz CT molecular complexity index is 1160. The summed E-state index contributed by atoms with van der Waals surface area (Å²) < 4.78 is 0. The van der Waals surface area contributed by atoms with Crippen molar-refractivity contribution in [2.24, 2.45) is 0 Å². The molecule has 168 valence electrons. The third-order valence-corrected chi connectivity index (χ3v) is 8.31. The molecule has 0 saturated carbocycles. The van der Waals surface area contributed by atoms with Crippen LogP contribution < -0.4 is 10.9 Å². The van der Waals surface area contributed by atoms with Crippen LogP contribution >= 0.6 is 34.0 Å². The second kappa shape index (κ2) is 9.47. The topological polar surface area (TPSA) is 104 Å². The largest absolute Gasteiger partial charge is 0.338 e. The third-order valence-electron chi connectivity index (χ3n) is 5.24. The van der Waals surface area contributed by atoms with Gasteiger partial charge in [0.15, 0.2) is 0 Å². The van der Waals surface area contributed by atoms with Crippen LogP contribution in [0.5, 0.6) is 0 Å². The molecule has 1 fully saturated rings. The summed E-state index contributed by atoms with van der Waals surface area (Å²) in [7, 11) is 0. The van der Waals surface area contributed by atoms with Gasteiger partial charge in [-0.3, -0.25) is 25.2 Å². The van der Waals surface area contributed by atoms with Gasteiger partial charge in [-0.2, -0.15) is 0 Å². The van der Waals surface area contributed by atoms with Crippen LogP contribution in [0, 0.1) is 20.8 Å². The number of likely N-dealkylation sites (tertiary alicyclic amines) is 1. The monoisotopic (exact) mass is 489 g/mol. The summed E-state index contributed by atoms with van der Waals surface area (Å²) in [5, 5.41) is 3.48. The molecule has 1 aliphatic heterocycles. The fourth-order valence-corrected chi connectivity index (χ4v) is 6.20. The van der Waals surface area contributed by atoms with Gasteiger partial charge in [-0.15, -0.1) is 34.0 Å². The number of hydrogen-bond acceptors (Lipinski definition) is 8. The molecule has 0 atom stereocenters. The van der Waals surface area contributed by atoms with Crippen molar-refractivity contribution < 1.29 is 14.4 Å². The average Bonchev–Trinajstić information content (AvgIpc) is 3.51.